The number of amides is 1. The first-order valence-electron chi connectivity index (χ1n) is 7.13. The fraction of sp³-hybridized carbons (Fsp3) is 0.800. The van der Waals surface area contributed by atoms with E-state index in [1.54, 1.807) is 0 Å². The van der Waals surface area contributed by atoms with Gasteiger partial charge in [-0.05, 0) is 19.4 Å². The first-order chi connectivity index (χ1) is 8.20. The molecular weight excluding hydrogens is 233 g/mol. The van der Waals surface area contributed by atoms with Gasteiger partial charge in [-0.25, -0.2) is 0 Å². The minimum absolute atomic E-state index is 0. The second-order valence-electron chi connectivity index (χ2n) is 4.88. The third-order valence-corrected chi connectivity index (χ3v) is 3.06. The molecule has 0 aliphatic heterocycles. The van der Waals surface area contributed by atoms with Gasteiger partial charge in [0.2, 0.25) is 5.91 Å². The van der Waals surface area contributed by atoms with Crippen molar-refractivity contribution in [1.29, 1.82) is 0 Å². The maximum atomic E-state index is 11.0. The van der Waals surface area contributed by atoms with Crippen LogP contribution in [0.5, 0.6) is 0 Å². The van der Waals surface area contributed by atoms with Crippen molar-refractivity contribution in [3.63, 3.8) is 0 Å². The molecular formula is C15H29NNaO. The Bertz CT molecular complexity index is 207. The van der Waals surface area contributed by atoms with E-state index in [1.165, 1.54) is 57.4 Å². The van der Waals surface area contributed by atoms with E-state index >= 15 is 0 Å². The van der Waals surface area contributed by atoms with Crippen LogP contribution >= 0.6 is 0 Å². The van der Waals surface area contributed by atoms with Crippen molar-refractivity contribution in [3.05, 3.63) is 12.7 Å². The third kappa shape index (κ3) is 14.3. The summed E-state index contributed by atoms with van der Waals surface area (Å²) in [6.45, 7) is 7.75. The van der Waals surface area contributed by atoms with Crippen LogP contribution in [0.25, 0.3) is 0 Å². The van der Waals surface area contributed by atoms with Crippen LogP contribution in [-0.2, 0) is 4.79 Å². The van der Waals surface area contributed by atoms with E-state index in [2.05, 4.69) is 25.7 Å². The minimum Gasteiger partial charge on any atom is -0.350 e. The summed E-state index contributed by atoms with van der Waals surface area (Å²) < 4.78 is 0. The van der Waals surface area contributed by atoms with Crippen LogP contribution in [0.4, 0.5) is 0 Å². The van der Waals surface area contributed by atoms with E-state index in [1.807, 2.05) is 0 Å². The van der Waals surface area contributed by atoms with Crippen molar-refractivity contribution in [2.24, 2.45) is 0 Å². The molecule has 1 radical (unpaired) electrons. The van der Waals surface area contributed by atoms with Gasteiger partial charge >= 0.3 is 0 Å². The molecule has 3 heteroatoms. The van der Waals surface area contributed by atoms with Gasteiger partial charge in [0.05, 0.1) is 0 Å². The molecule has 1 unspecified atom stereocenters. The molecule has 0 spiro atoms. The molecule has 0 aliphatic rings. The van der Waals surface area contributed by atoms with Crippen molar-refractivity contribution < 1.29 is 4.79 Å². The van der Waals surface area contributed by atoms with E-state index in [4.69, 9.17) is 0 Å². The Morgan fingerprint density at radius 1 is 1.11 bits per heavy atom. The van der Waals surface area contributed by atoms with Crippen LogP contribution in [-0.4, -0.2) is 41.5 Å². The Morgan fingerprint density at radius 3 is 2.11 bits per heavy atom. The molecule has 1 amide bonds. The molecule has 0 aromatic rings. The van der Waals surface area contributed by atoms with Crippen LogP contribution in [0, 0.1) is 0 Å². The van der Waals surface area contributed by atoms with Gasteiger partial charge in [0, 0.05) is 35.6 Å². The minimum atomic E-state index is -0.0583. The summed E-state index contributed by atoms with van der Waals surface area (Å²) in [7, 11) is 0. The van der Waals surface area contributed by atoms with Crippen molar-refractivity contribution in [2.45, 2.75) is 77.7 Å². The number of carbonyl (C=O) groups excluding carboxylic acids is 1. The van der Waals surface area contributed by atoms with Gasteiger partial charge in [0.25, 0.3) is 0 Å². The summed E-state index contributed by atoms with van der Waals surface area (Å²) in [5.41, 5.74) is 0. The van der Waals surface area contributed by atoms with Gasteiger partial charge in [-0.1, -0.05) is 64.9 Å². The Labute approximate surface area is 135 Å². The summed E-state index contributed by atoms with van der Waals surface area (Å²) in [6, 6.07) is 0.278. The zero-order chi connectivity index (χ0) is 12.9. The maximum absolute atomic E-state index is 11.0. The van der Waals surface area contributed by atoms with Crippen LogP contribution in [0.15, 0.2) is 12.7 Å². The maximum Gasteiger partial charge on any atom is 0.243 e. The van der Waals surface area contributed by atoms with E-state index in [0.717, 1.165) is 6.42 Å². The van der Waals surface area contributed by atoms with E-state index in [9.17, 15) is 4.79 Å². The standard InChI is InChI=1S/C15H29NO.Na/c1-4-6-7-8-9-10-11-12-13-14(3)16-15(17)5-2;/h5,14H,2,4,6-13H2,1,3H3,(H,16,17);. The average molecular weight is 262 g/mol. The smallest absolute Gasteiger partial charge is 0.243 e. The molecule has 0 heterocycles. The molecule has 0 fully saturated rings. The third-order valence-electron chi connectivity index (χ3n) is 3.06. The Hall–Kier alpha value is 0.210. The molecule has 0 rings (SSSR count). The predicted molar refractivity (Wildman–Crippen MR) is 80.8 cm³/mol. The number of hydrogen-bond donors (Lipinski definition) is 1. The SMILES string of the molecule is C=CC(=O)NC(C)CCCCCCCCCC.[Na]. The molecule has 101 valence electrons. The van der Waals surface area contributed by atoms with Crippen LogP contribution < -0.4 is 5.32 Å². The van der Waals surface area contributed by atoms with Gasteiger partial charge in [0.15, 0.2) is 0 Å². The number of nitrogens with one attached hydrogen (secondary N) is 1. The zero-order valence-electron chi connectivity index (χ0n) is 12.6. The molecule has 0 bridgehead atoms. The number of carbonyl (C=O) groups is 1. The van der Waals surface area contributed by atoms with Gasteiger partial charge in [0.1, 0.15) is 0 Å². The Balaban J connectivity index is 0. The summed E-state index contributed by atoms with van der Waals surface area (Å²) in [5.74, 6) is -0.0583. The zero-order valence-corrected chi connectivity index (χ0v) is 14.6. The van der Waals surface area contributed by atoms with Crippen molar-refractivity contribution in [3.8, 4) is 0 Å². The van der Waals surface area contributed by atoms with Gasteiger partial charge in [-0.2, -0.15) is 0 Å². The monoisotopic (exact) mass is 262 g/mol. The number of hydrogen-bond acceptors (Lipinski definition) is 1. The molecule has 1 atom stereocenters. The van der Waals surface area contributed by atoms with E-state index < -0.39 is 0 Å². The topological polar surface area (TPSA) is 29.1 Å². The van der Waals surface area contributed by atoms with E-state index in [0.29, 0.717) is 0 Å². The fourth-order valence-electron chi connectivity index (χ4n) is 1.96. The van der Waals surface area contributed by atoms with Crippen molar-refractivity contribution >= 4 is 35.5 Å². The Morgan fingerprint density at radius 2 is 1.61 bits per heavy atom. The first kappa shape index (κ1) is 20.5. The van der Waals surface area contributed by atoms with Gasteiger partial charge in [-0.3, -0.25) is 4.79 Å². The predicted octanol–water partition coefficient (Wildman–Crippen LogP) is 3.83. The van der Waals surface area contributed by atoms with E-state index in [-0.39, 0.29) is 41.5 Å². The summed E-state index contributed by atoms with van der Waals surface area (Å²) >= 11 is 0. The molecule has 0 saturated heterocycles. The summed E-state index contributed by atoms with van der Waals surface area (Å²) in [6.07, 6.45) is 13.1. The molecule has 0 aromatic carbocycles. The molecule has 0 saturated carbocycles. The largest absolute Gasteiger partial charge is 0.350 e. The molecule has 2 nitrogen and oxygen atoms in total. The van der Waals surface area contributed by atoms with Crippen LogP contribution in [0.3, 0.4) is 0 Å². The van der Waals surface area contributed by atoms with Crippen molar-refractivity contribution in [1.82, 2.24) is 5.32 Å². The Kier molecular flexibility index (Phi) is 17.4. The number of unbranched alkanes of at least 4 members (excludes halogenated alkanes) is 7. The second kappa shape index (κ2) is 15.3. The first-order valence-corrected chi connectivity index (χ1v) is 7.13. The number of rotatable bonds is 11. The average Bonchev–Trinajstić information content (AvgIpc) is 2.32. The molecule has 0 aliphatic carbocycles. The summed E-state index contributed by atoms with van der Waals surface area (Å²) in [4.78, 5) is 11.0. The normalized spacial score (nSPS) is 11.4. The summed E-state index contributed by atoms with van der Waals surface area (Å²) in [5, 5.41) is 2.89. The second-order valence-corrected chi connectivity index (χ2v) is 4.88. The molecule has 0 aromatic heterocycles. The van der Waals surface area contributed by atoms with Crippen molar-refractivity contribution in [2.75, 3.05) is 0 Å². The quantitative estimate of drug-likeness (QED) is 0.342. The molecule has 18 heavy (non-hydrogen) atoms. The van der Waals surface area contributed by atoms with Crippen LogP contribution in [0.1, 0.15) is 71.6 Å². The van der Waals surface area contributed by atoms with Gasteiger partial charge in [-0.15, -0.1) is 0 Å². The fourth-order valence-corrected chi connectivity index (χ4v) is 1.96. The van der Waals surface area contributed by atoms with Crippen LogP contribution in [0.2, 0.25) is 0 Å². The molecule has 1 N–H and O–H groups in total. The van der Waals surface area contributed by atoms with Gasteiger partial charge < -0.3 is 5.32 Å².